The van der Waals surface area contributed by atoms with Crippen molar-refractivity contribution in [3.05, 3.63) is 58.4 Å². The van der Waals surface area contributed by atoms with E-state index in [9.17, 15) is 4.39 Å². The average molecular weight is 303 g/mol. The molecule has 0 radical (unpaired) electrons. The Morgan fingerprint density at radius 3 is 2.62 bits per heavy atom. The molecule has 108 valence electrons. The van der Waals surface area contributed by atoms with Gasteiger partial charge in [-0.25, -0.2) is 4.39 Å². The number of nitrogens with zero attached hydrogens (tertiary/aromatic N) is 1. The predicted octanol–water partition coefficient (Wildman–Crippen LogP) is 4.69. The fraction of sp³-hybridized carbons (Fsp3) is 0.235. The maximum atomic E-state index is 13.5. The highest BCUT2D eigenvalue weighted by molar-refractivity contribution is 6.31. The van der Waals surface area contributed by atoms with Gasteiger partial charge in [0.05, 0.1) is 11.6 Å². The van der Waals surface area contributed by atoms with E-state index in [0.717, 1.165) is 17.7 Å². The van der Waals surface area contributed by atoms with Crippen molar-refractivity contribution in [2.24, 2.45) is 0 Å². The Hall–Kier alpha value is -1.89. The molecule has 1 atom stereocenters. The van der Waals surface area contributed by atoms with Gasteiger partial charge in [-0.3, -0.25) is 0 Å². The fourth-order valence-corrected chi connectivity index (χ4v) is 2.64. The molecule has 0 amide bonds. The van der Waals surface area contributed by atoms with Crippen molar-refractivity contribution < 1.29 is 4.39 Å². The summed E-state index contributed by atoms with van der Waals surface area (Å²) >= 11 is 6.32. The minimum absolute atomic E-state index is 0.152. The lowest BCUT2D eigenvalue weighted by atomic mass is 9.99. The van der Waals surface area contributed by atoms with Crippen molar-refractivity contribution in [3.8, 4) is 17.2 Å². The molecule has 0 fully saturated rings. The molecule has 0 saturated carbocycles. The van der Waals surface area contributed by atoms with E-state index in [0.29, 0.717) is 16.1 Å². The van der Waals surface area contributed by atoms with Crippen LogP contribution in [0.1, 0.15) is 31.0 Å². The van der Waals surface area contributed by atoms with Crippen LogP contribution in [0.2, 0.25) is 5.02 Å². The van der Waals surface area contributed by atoms with E-state index in [4.69, 9.17) is 16.9 Å². The van der Waals surface area contributed by atoms with Gasteiger partial charge in [-0.05, 0) is 54.4 Å². The highest BCUT2D eigenvalue weighted by atomic mass is 35.5. The van der Waals surface area contributed by atoms with Crippen molar-refractivity contribution >= 4 is 11.6 Å². The van der Waals surface area contributed by atoms with Crippen molar-refractivity contribution in [3.63, 3.8) is 0 Å². The number of hydrogen-bond donors (Lipinski definition) is 1. The van der Waals surface area contributed by atoms with Gasteiger partial charge in [-0.1, -0.05) is 30.7 Å². The second-order valence-electron chi connectivity index (χ2n) is 4.86. The molecule has 0 bridgehead atoms. The molecule has 21 heavy (non-hydrogen) atoms. The molecule has 0 aliphatic rings. The lowest BCUT2D eigenvalue weighted by Crippen LogP contribution is -2.17. The third-order valence-electron chi connectivity index (χ3n) is 3.34. The van der Waals surface area contributed by atoms with Crippen LogP contribution < -0.4 is 5.32 Å². The van der Waals surface area contributed by atoms with Gasteiger partial charge in [0.15, 0.2) is 0 Å². The Bertz CT molecular complexity index is 692. The van der Waals surface area contributed by atoms with E-state index in [-0.39, 0.29) is 6.04 Å². The zero-order valence-electron chi connectivity index (χ0n) is 12.0. The van der Waals surface area contributed by atoms with Gasteiger partial charge in [0.25, 0.3) is 0 Å². The smallest absolute Gasteiger partial charge is 0.125 e. The summed E-state index contributed by atoms with van der Waals surface area (Å²) < 4.78 is 13.5. The first-order chi connectivity index (χ1) is 10.0. The van der Waals surface area contributed by atoms with Gasteiger partial charge in [0.2, 0.25) is 0 Å². The quantitative estimate of drug-likeness (QED) is 0.889. The van der Waals surface area contributed by atoms with Gasteiger partial charge in [-0.15, -0.1) is 0 Å². The fourth-order valence-electron chi connectivity index (χ4n) is 2.29. The number of benzene rings is 2. The average Bonchev–Trinajstić information content (AvgIpc) is 2.46. The minimum Gasteiger partial charge on any atom is -0.310 e. The van der Waals surface area contributed by atoms with Gasteiger partial charge in [0, 0.05) is 11.1 Å². The summed E-state index contributed by atoms with van der Waals surface area (Å²) in [7, 11) is 0. The highest BCUT2D eigenvalue weighted by Gasteiger charge is 2.10. The second-order valence-corrected chi connectivity index (χ2v) is 5.26. The molecule has 1 unspecified atom stereocenters. The molecule has 0 aliphatic carbocycles. The summed E-state index contributed by atoms with van der Waals surface area (Å²) in [6.45, 7) is 4.93. The first kappa shape index (κ1) is 15.5. The Balaban J connectivity index is 2.41. The molecule has 2 rings (SSSR count). The first-order valence-electron chi connectivity index (χ1n) is 6.79. The van der Waals surface area contributed by atoms with Crippen LogP contribution in [0.3, 0.4) is 0 Å². The summed E-state index contributed by atoms with van der Waals surface area (Å²) in [5.41, 5.74) is 2.74. The molecule has 0 spiro atoms. The number of nitriles is 1. The topological polar surface area (TPSA) is 35.8 Å². The van der Waals surface area contributed by atoms with Crippen LogP contribution in [0.4, 0.5) is 4.39 Å². The zero-order valence-corrected chi connectivity index (χ0v) is 12.7. The maximum Gasteiger partial charge on any atom is 0.125 e. The summed E-state index contributed by atoms with van der Waals surface area (Å²) in [6, 6.07) is 12.0. The van der Waals surface area contributed by atoms with Crippen molar-refractivity contribution in [1.82, 2.24) is 5.32 Å². The molecular formula is C17H16ClFN2. The van der Waals surface area contributed by atoms with Crippen molar-refractivity contribution in [2.45, 2.75) is 19.9 Å². The van der Waals surface area contributed by atoms with Crippen LogP contribution in [0.25, 0.3) is 11.1 Å². The molecule has 0 aromatic heterocycles. The molecule has 1 N–H and O–H groups in total. The van der Waals surface area contributed by atoms with E-state index in [2.05, 4.69) is 5.32 Å². The summed E-state index contributed by atoms with van der Waals surface area (Å²) in [5.74, 6) is -0.426. The molecular weight excluding hydrogens is 287 g/mol. The molecule has 2 nitrogen and oxygen atoms in total. The minimum atomic E-state index is -0.426. The largest absolute Gasteiger partial charge is 0.310 e. The summed E-state index contributed by atoms with van der Waals surface area (Å²) in [4.78, 5) is 0. The van der Waals surface area contributed by atoms with Crippen LogP contribution in [0, 0.1) is 17.1 Å². The normalized spacial score (nSPS) is 12.0. The molecule has 2 aromatic rings. The van der Waals surface area contributed by atoms with Gasteiger partial charge >= 0.3 is 0 Å². The Labute approximate surface area is 129 Å². The van der Waals surface area contributed by atoms with Crippen molar-refractivity contribution in [1.29, 1.82) is 5.26 Å². The number of halogens is 2. The molecule has 0 heterocycles. The number of rotatable bonds is 4. The molecule has 4 heteroatoms. The Morgan fingerprint density at radius 1 is 1.24 bits per heavy atom. The van der Waals surface area contributed by atoms with Crippen LogP contribution in [0.5, 0.6) is 0 Å². The van der Waals surface area contributed by atoms with Gasteiger partial charge in [-0.2, -0.15) is 5.26 Å². The SMILES string of the molecule is CCNC(C)c1ccc(-c2cc(F)cc(C#N)c2)cc1Cl. The highest BCUT2D eigenvalue weighted by Crippen LogP contribution is 2.29. The summed E-state index contributed by atoms with van der Waals surface area (Å²) in [6.07, 6.45) is 0. The predicted molar refractivity (Wildman–Crippen MR) is 83.7 cm³/mol. The van der Waals surface area contributed by atoms with Gasteiger partial charge < -0.3 is 5.32 Å². The third-order valence-corrected chi connectivity index (χ3v) is 3.66. The Kier molecular flexibility index (Phi) is 4.95. The second kappa shape index (κ2) is 6.71. The standard InChI is InChI=1S/C17H16ClFN2/c1-3-21-11(2)16-5-4-13(9-17(16)18)14-6-12(10-20)7-15(19)8-14/h4-9,11,21H,3H2,1-2H3. The van der Waals surface area contributed by atoms with E-state index < -0.39 is 5.82 Å². The lowest BCUT2D eigenvalue weighted by Gasteiger charge is -2.15. The Morgan fingerprint density at radius 2 is 2.00 bits per heavy atom. The maximum absolute atomic E-state index is 13.5. The van der Waals surface area contributed by atoms with Crippen LogP contribution >= 0.6 is 11.6 Å². The molecule has 0 aliphatic heterocycles. The van der Waals surface area contributed by atoms with Crippen molar-refractivity contribution in [2.75, 3.05) is 6.54 Å². The van der Waals surface area contributed by atoms with Gasteiger partial charge in [0.1, 0.15) is 5.82 Å². The summed E-state index contributed by atoms with van der Waals surface area (Å²) in [5, 5.41) is 12.8. The van der Waals surface area contributed by atoms with E-state index in [1.807, 2.05) is 32.0 Å². The molecule has 0 saturated heterocycles. The number of hydrogen-bond acceptors (Lipinski definition) is 2. The van der Waals surface area contributed by atoms with E-state index in [1.54, 1.807) is 12.1 Å². The number of nitrogens with one attached hydrogen (secondary N) is 1. The van der Waals surface area contributed by atoms with Crippen LogP contribution in [-0.4, -0.2) is 6.54 Å². The van der Waals surface area contributed by atoms with E-state index >= 15 is 0 Å². The lowest BCUT2D eigenvalue weighted by molar-refractivity contribution is 0.598. The van der Waals surface area contributed by atoms with Crippen LogP contribution in [-0.2, 0) is 0 Å². The third kappa shape index (κ3) is 3.60. The zero-order chi connectivity index (χ0) is 15.4. The first-order valence-corrected chi connectivity index (χ1v) is 7.16. The van der Waals surface area contributed by atoms with E-state index in [1.165, 1.54) is 12.1 Å². The monoisotopic (exact) mass is 302 g/mol. The van der Waals surface area contributed by atoms with Crippen LogP contribution in [0.15, 0.2) is 36.4 Å². The molecule has 2 aromatic carbocycles.